The van der Waals surface area contributed by atoms with Crippen molar-refractivity contribution in [3.05, 3.63) is 34.1 Å². The molecular weight excluding hydrogens is 332 g/mol. The highest BCUT2D eigenvalue weighted by Crippen LogP contribution is 2.31. The van der Waals surface area contributed by atoms with E-state index in [0.717, 1.165) is 12.5 Å². The van der Waals surface area contributed by atoms with E-state index < -0.39 is 11.6 Å². The fourth-order valence-corrected chi connectivity index (χ4v) is 2.46. The van der Waals surface area contributed by atoms with E-state index in [1.54, 1.807) is 0 Å². The van der Waals surface area contributed by atoms with Crippen LogP contribution in [0.4, 0.5) is 8.78 Å². The van der Waals surface area contributed by atoms with E-state index >= 15 is 0 Å². The van der Waals surface area contributed by atoms with Gasteiger partial charge in [-0.1, -0.05) is 12.1 Å². The van der Waals surface area contributed by atoms with Crippen LogP contribution in [0.1, 0.15) is 32.1 Å². The Kier molecular flexibility index (Phi) is 4.49. The van der Waals surface area contributed by atoms with Crippen LogP contribution >= 0.6 is 15.9 Å². The van der Waals surface area contributed by atoms with Crippen molar-refractivity contribution in [1.82, 2.24) is 10.1 Å². The predicted octanol–water partition coefficient (Wildman–Crippen LogP) is 3.62. The first-order chi connectivity index (χ1) is 9.45. The first-order valence-corrected chi connectivity index (χ1v) is 6.98. The number of hydrogen-bond donors (Lipinski definition) is 1. The molecular formula is C13H14BrF2N3O. The summed E-state index contributed by atoms with van der Waals surface area (Å²) in [6, 6.07) is 2.28. The molecule has 7 heteroatoms. The molecule has 0 aliphatic rings. The molecule has 2 atom stereocenters. The molecule has 0 saturated carbocycles. The van der Waals surface area contributed by atoms with Crippen LogP contribution in [0, 0.1) is 11.6 Å². The number of benzene rings is 1. The van der Waals surface area contributed by atoms with Gasteiger partial charge in [0, 0.05) is 11.6 Å². The molecule has 1 aromatic carbocycles. The van der Waals surface area contributed by atoms with Crippen LogP contribution in [0.25, 0.3) is 11.4 Å². The number of nitrogens with two attached hydrogens (primary N) is 1. The predicted molar refractivity (Wildman–Crippen MR) is 74.0 cm³/mol. The molecule has 0 amide bonds. The average Bonchev–Trinajstić information content (AvgIpc) is 2.86. The van der Waals surface area contributed by atoms with Gasteiger partial charge >= 0.3 is 0 Å². The highest BCUT2D eigenvalue weighted by molar-refractivity contribution is 9.10. The molecule has 4 nitrogen and oxygen atoms in total. The summed E-state index contributed by atoms with van der Waals surface area (Å²) in [5.74, 6) is -1.39. The van der Waals surface area contributed by atoms with E-state index in [0.29, 0.717) is 11.5 Å². The van der Waals surface area contributed by atoms with Gasteiger partial charge in [0.25, 0.3) is 0 Å². The standard InChI is InChI=1S/C13H14BrF2N3O/c1-3-7(6(2)17)13-18-12(19-20-13)8-4-5-9(15)11(16)10(8)14/h4-7H,3,17H2,1-2H3. The maximum absolute atomic E-state index is 13.5. The molecule has 0 spiro atoms. The molecule has 2 unspecified atom stereocenters. The van der Waals surface area contributed by atoms with E-state index in [-0.39, 0.29) is 22.3 Å². The fourth-order valence-electron chi connectivity index (χ4n) is 1.97. The summed E-state index contributed by atoms with van der Waals surface area (Å²) in [5, 5.41) is 3.81. The minimum absolute atomic E-state index is 0.0290. The zero-order valence-corrected chi connectivity index (χ0v) is 12.6. The number of halogens is 3. The van der Waals surface area contributed by atoms with Gasteiger partial charge < -0.3 is 10.3 Å². The van der Waals surface area contributed by atoms with Crippen LogP contribution in [0.5, 0.6) is 0 Å². The zero-order chi connectivity index (χ0) is 14.9. The van der Waals surface area contributed by atoms with Crippen LogP contribution in [-0.4, -0.2) is 16.2 Å². The maximum atomic E-state index is 13.5. The van der Waals surface area contributed by atoms with Crippen molar-refractivity contribution in [3.8, 4) is 11.4 Å². The van der Waals surface area contributed by atoms with Gasteiger partial charge in [-0.15, -0.1) is 0 Å². The zero-order valence-electron chi connectivity index (χ0n) is 11.0. The van der Waals surface area contributed by atoms with Crippen molar-refractivity contribution in [2.45, 2.75) is 32.2 Å². The summed E-state index contributed by atoms with van der Waals surface area (Å²) in [7, 11) is 0. The molecule has 1 aromatic heterocycles. The van der Waals surface area contributed by atoms with Gasteiger partial charge in [-0.2, -0.15) is 4.98 Å². The van der Waals surface area contributed by atoms with E-state index in [9.17, 15) is 8.78 Å². The second-order valence-corrected chi connectivity index (χ2v) is 5.35. The quantitative estimate of drug-likeness (QED) is 0.859. The van der Waals surface area contributed by atoms with Crippen molar-refractivity contribution >= 4 is 15.9 Å². The summed E-state index contributed by atoms with van der Waals surface area (Å²) >= 11 is 3.00. The maximum Gasteiger partial charge on any atom is 0.231 e. The topological polar surface area (TPSA) is 64.9 Å². The highest BCUT2D eigenvalue weighted by Gasteiger charge is 2.23. The van der Waals surface area contributed by atoms with Crippen molar-refractivity contribution in [1.29, 1.82) is 0 Å². The van der Waals surface area contributed by atoms with Gasteiger partial charge in [-0.3, -0.25) is 0 Å². The Morgan fingerprint density at radius 3 is 2.70 bits per heavy atom. The molecule has 2 aromatic rings. The van der Waals surface area contributed by atoms with Crippen LogP contribution in [-0.2, 0) is 0 Å². The Morgan fingerprint density at radius 1 is 1.40 bits per heavy atom. The van der Waals surface area contributed by atoms with Crippen molar-refractivity contribution in [2.24, 2.45) is 5.73 Å². The minimum atomic E-state index is -0.979. The molecule has 0 radical (unpaired) electrons. The Labute approximate surface area is 123 Å². The van der Waals surface area contributed by atoms with Gasteiger partial charge in [0.05, 0.1) is 10.4 Å². The van der Waals surface area contributed by atoms with E-state index in [4.69, 9.17) is 10.3 Å². The third-order valence-corrected chi connectivity index (χ3v) is 3.88. The third-order valence-electron chi connectivity index (χ3n) is 3.11. The smallest absolute Gasteiger partial charge is 0.231 e. The summed E-state index contributed by atoms with van der Waals surface area (Å²) in [6.45, 7) is 3.82. The second-order valence-electron chi connectivity index (χ2n) is 4.55. The largest absolute Gasteiger partial charge is 0.339 e. The number of rotatable bonds is 4. The minimum Gasteiger partial charge on any atom is -0.339 e. The van der Waals surface area contributed by atoms with E-state index in [1.165, 1.54) is 6.07 Å². The van der Waals surface area contributed by atoms with Gasteiger partial charge in [-0.25, -0.2) is 8.78 Å². The van der Waals surface area contributed by atoms with E-state index in [1.807, 2.05) is 13.8 Å². The molecule has 0 fully saturated rings. The van der Waals surface area contributed by atoms with Gasteiger partial charge in [0.2, 0.25) is 11.7 Å². The first kappa shape index (κ1) is 15.1. The van der Waals surface area contributed by atoms with E-state index in [2.05, 4.69) is 26.1 Å². The number of hydrogen-bond acceptors (Lipinski definition) is 4. The molecule has 20 heavy (non-hydrogen) atoms. The molecule has 2 N–H and O–H groups in total. The fraction of sp³-hybridized carbons (Fsp3) is 0.385. The Bertz CT molecular complexity index is 616. The lowest BCUT2D eigenvalue weighted by atomic mass is 9.99. The highest BCUT2D eigenvalue weighted by atomic mass is 79.9. The number of nitrogens with zero attached hydrogens (tertiary/aromatic N) is 2. The molecule has 1 heterocycles. The lowest BCUT2D eigenvalue weighted by Gasteiger charge is -2.13. The molecule has 0 aliphatic carbocycles. The second kappa shape index (κ2) is 5.97. The van der Waals surface area contributed by atoms with Crippen molar-refractivity contribution < 1.29 is 13.3 Å². The number of aromatic nitrogens is 2. The van der Waals surface area contributed by atoms with Crippen LogP contribution in [0.2, 0.25) is 0 Å². The summed E-state index contributed by atoms with van der Waals surface area (Å²) in [5.41, 5.74) is 6.19. The summed E-state index contributed by atoms with van der Waals surface area (Å²) in [4.78, 5) is 4.23. The summed E-state index contributed by atoms with van der Waals surface area (Å²) in [6.07, 6.45) is 0.748. The van der Waals surface area contributed by atoms with Crippen molar-refractivity contribution in [3.63, 3.8) is 0 Å². The van der Waals surface area contributed by atoms with Crippen LogP contribution in [0.3, 0.4) is 0 Å². The molecule has 0 bridgehead atoms. The monoisotopic (exact) mass is 345 g/mol. The van der Waals surface area contributed by atoms with Gasteiger partial charge in [0.15, 0.2) is 11.6 Å². The average molecular weight is 346 g/mol. The SMILES string of the molecule is CCC(c1nc(-c2ccc(F)c(F)c2Br)no1)C(C)N. The normalized spacial score (nSPS) is 14.3. The molecule has 108 valence electrons. The lowest BCUT2D eigenvalue weighted by Crippen LogP contribution is -2.24. The Morgan fingerprint density at radius 2 is 2.10 bits per heavy atom. The third kappa shape index (κ3) is 2.73. The summed E-state index contributed by atoms with van der Waals surface area (Å²) < 4.78 is 31.7. The van der Waals surface area contributed by atoms with Crippen LogP contribution in [0.15, 0.2) is 21.1 Å². The Hall–Kier alpha value is -1.34. The molecule has 2 rings (SSSR count). The van der Waals surface area contributed by atoms with Crippen LogP contribution < -0.4 is 5.73 Å². The lowest BCUT2D eigenvalue weighted by molar-refractivity contribution is 0.334. The van der Waals surface area contributed by atoms with Gasteiger partial charge in [0.1, 0.15) is 0 Å². The molecule has 0 saturated heterocycles. The Balaban J connectivity index is 2.41. The van der Waals surface area contributed by atoms with Gasteiger partial charge in [-0.05, 0) is 41.4 Å². The first-order valence-electron chi connectivity index (χ1n) is 6.18. The molecule has 0 aliphatic heterocycles. The van der Waals surface area contributed by atoms with Crippen molar-refractivity contribution in [2.75, 3.05) is 0 Å².